The quantitative estimate of drug-likeness (QED) is 0.580. The molecule has 122 valence electrons. The van der Waals surface area contributed by atoms with Gasteiger partial charge in [0.05, 0.1) is 17.7 Å². The van der Waals surface area contributed by atoms with Gasteiger partial charge in [-0.3, -0.25) is 9.69 Å². The lowest BCUT2D eigenvalue weighted by atomic mass is 10.2. The van der Waals surface area contributed by atoms with Crippen molar-refractivity contribution in [2.24, 2.45) is 0 Å². The third-order valence-corrected chi connectivity index (χ3v) is 5.36. The number of thiocarbonyl (C=S) groups is 1. The number of nitrogens with zero attached hydrogens (tertiary/aromatic N) is 1. The number of carbonyl (C=O) groups is 1. The van der Waals surface area contributed by atoms with Crippen molar-refractivity contribution in [2.75, 3.05) is 12.0 Å². The number of rotatable bonds is 3. The van der Waals surface area contributed by atoms with Gasteiger partial charge in [0.15, 0.2) is 15.8 Å². The fraction of sp³-hybridized carbons (Fsp3) is 0.0588. The first kappa shape index (κ1) is 17.0. The number of ether oxygens (including phenoxy) is 1. The minimum atomic E-state index is -0.177. The molecule has 0 spiro atoms. The lowest BCUT2D eigenvalue weighted by molar-refractivity contribution is -0.113. The second-order valence-corrected chi connectivity index (χ2v) is 7.43. The minimum absolute atomic E-state index is 0.0513. The number of hydrogen-bond acceptors (Lipinski definition) is 5. The van der Waals surface area contributed by atoms with Crippen molar-refractivity contribution in [2.45, 2.75) is 0 Å². The number of benzene rings is 2. The van der Waals surface area contributed by atoms with E-state index in [0.29, 0.717) is 20.7 Å². The summed E-state index contributed by atoms with van der Waals surface area (Å²) in [5, 5.41) is 9.66. The Hall–Kier alpha value is -1.83. The van der Waals surface area contributed by atoms with Gasteiger partial charge >= 0.3 is 0 Å². The molecule has 1 amide bonds. The first-order valence-electron chi connectivity index (χ1n) is 6.91. The average molecular weight is 422 g/mol. The van der Waals surface area contributed by atoms with Crippen LogP contribution in [0.25, 0.3) is 6.08 Å². The van der Waals surface area contributed by atoms with E-state index in [1.807, 2.05) is 24.3 Å². The fourth-order valence-corrected chi connectivity index (χ4v) is 3.99. The van der Waals surface area contributed by atoms with Crippen LogP contribution in [-0.4, -0.2) is 22.4 Å². The number of carbonyl (C=O) groups excluding carboxylic acids is 1. The van der Waals surface area contributed by atoms with Crippen molar-refractivity contribution >= 4 is 61.9 Å². The van der Waals surface area contributed by atoms with E-state index in [9.17, 15) is 9.90 Å². The first-order chi connectivity index (χ1) is 11.5. The number of aromatic hydroxyl groups is 1. The molecule has 0 atom stereocenters. The molecule has 1 N–H and O–H groups in total. The second kappa shape index (κ2) is 6.96. The summed E-state index contributed by atoms with van der Waals surface area (Å²) in [6.45, 7) is 0. The molecule has 1 heterocycles. The number of phenolic OH excluding ortho intramolecular Hbond substituents is 1. The van der Waals surface area contributed by atoms with E-state index in [-0.39, 0.29) is 11.7 Å². The van der Waals surface area contributed by atoms with Crippen LogP contribution in [0.1, 0.15) is 5.56 Å². The minimum Gasteiger partial charge on any atom is -0.504 e. The lowest BCUT2D eigenvalue weighted by Gasteiger charge is -2.15. The zero-order valence-electron chi connectivity index (χ0n) is 12.5. The molecule has 2 aromatic rings. The van der Waals surface area contributed by atoms with Gasteiger partial charge in [0.2, 0.25) is 0 Å². The second-order valence-electron chi connectivity index (χ2n) is 4.90. The maximum absolute atomic E-state index is 12.7. The Labute approximate surface area is 157 Å². The first-order valence-corrected chi connectivity index (χ1v) is 8.92. The molecule has 2 aromatic carbocycles. The average Bonchev–Trinajstić information content (AvgIpc) is 2.84. The molecule has 1 fully saturated rings. The molecular formula is C17H12BrNO3S2. The van der Waals surface area contributed by atoms with Crippen LogP contribution in [0.3, 0.4) is 0 Å². The van der Waals surface area contributed by atoms with E-state index in [4.69, 9.17) is 17.0 Å². The summed E-state index contributed by atoms with van der Waals surface area (Å²) in [6, 6.07) is 12.3. The highest BCUT2D eigenvalue weighted by atomic mass is 79.9. The monoisotopic (exact) mass is 421 g/mol. The Morgan fingerprint density at radius 1 is 1.29 bits per heavy atom. The van der Waals surface area contributed by atoms with Gasteiger partial charge in [0.1, 0.15) is 0 Å². The van der Waals surface area contributed by atoms with Crippen LogP contribution in [0.15, 0.2) is 51.8 Å². The maximum Gasteiger partial charge on any atom is 0.270 e. The highest BCUT2D eigenvalue weighted by Crippen LogP contribution is 2.39. The molecule has 0 saturated carbocycles. The van der Waals surface area contributed by atoms with E-state index < -0.39 is 0 Å². The van der Waals surface area contributed by atoms with Gasteiger partial charge in [0, 0.05) is 4.47 Å². The van der Waals surface area contributed by atoms with Crippen LogP contribution in [0.5, 0.6) is 11.5 Å². The molecule has 0 aromatic heterocycles. The number of anilines is 1. The molecule has 0 radical (unpaired) electrons. The van der Waals surface area contributed by atoms with Crippen molar-refractivity contribution in [1.82, 2.24) is 0 Å². The number of para-hydroxylation sites is 1. The van der Waals surface area contributed by atoms with Crippen LogP contribution < -0.4 is 9.64 Å². The number of thioether (sulfide) groups is 1. The molecule has 0 unspecified atom stereocenters. The summed E-state index contributed by atoms with van der Waals surface area (Å²) in [5.74, 6) is 0.226. The highest BCUT2D eigenvalue weighted by molar-refractivity contribution is 9.10. The molecule has 7 heteroatoms. The van der Waals surface area contributed by atoms with Crippen LogP contribution in [0.2, 0.25) is 0 Å². The van der Waals surface area contributed by atoms with Crippen molar-refractivity contribution in [3.05, 3.63) is 57.4 Å². The van der Waals surface area contributed by atoms with Crippen LogP contribution in [-0.2, 0) is 4.79 Å². The van der Waals surface area contributed by atoms with Gasteiger partial charge in [-0.05, 0) is 51.8 Å². The number of methoxy groups -OCH3 is 1. The van der Waals surface area contributed by atoms with E-state index in [2.05, 4.69) is 15.9 Å². The fourth-order valence-electron chi connectivity index (χ4n) is 2.24. The Morgan fingerprint density at radius 2 is 2.04 bits per heavy atom. The van der Waals surface area contributed by atoms with Crippen molar-refractivity contribution in [3.63, 3.8) is 0 Å². The van der Waals surface area contributed by atoms with Crippen molar-refractivity contribution < 1.29 is 14.6 Å². The smallest absolute Gasteiger partial charge is 0.270 e. The zero-order chi connectivity index (χ0) is 17.3. The summed E-state index contributed by atoms with van der Waals surface area (Å²) in [7, 11) is 1.48. The molecule has 3 rings (SSSR count). The maximum atomic E-state index is 12.7. The van der Waals surface area contributed by atoms with Crippen LogP contribution in [0, 0.1) is 0 Å². The number of hydrogen-bond donors (Lipinski definition) is 1. The Bertz CT molecular complexity index is 867. The van der Waals surface area contributed by atoms with Crippen LogP contribution >= 0.6 is 39.9 Å². The third-order valence-electron chi connectivity index (χ3n) is 3.39. The number of halogens is 1. The molecule has 0 aliphatic carbocycles. The van der Waals surface area contributed by atoms with Gasteiger partial charge in [0.25, 0.3) is 5.91 Å². The van der Waals surface area contributed by atoms with Gasteiger partial charge < -0.3 is 9.84 Å². The molecule has 1 saturated heterocycles. The standard InChI is InChI=1S/C17H12BrNO3S2/c1-22-14-8-10(6-7-13(14)20)9-15-16(21)19(17(23)24-15)12-5-3-2-4-11(12)18/h2-9,20H,1H3. The summed E-state index contributed by atoms with van der Waals surface area (Å²) < 4.78 is 6.37. The zero-order valence-corrected chi connectivity index (χ0v) is 15.7. The Morgan fingerprint density at radius 3 is 2.75 bits per heavy atom. The molecule has 1 aliphatic heterocycles. The molecule has 4 nitrogen and oxygen atoms in total. The third kappa shape index (κ3) is 3.19. The Balaban J connectivity index is 1.96. The SMILES string of the molecule is COc1cc(C=C2SC(=S)N(c3ccccc3Br)C2=O)ccc1O. The summed E-state index contributed by atoms with van der Waals surface area (Å²) >= 11 is 10.1. The van der Waals surface area contributed by atoms with Gasteiger partial charge in [-0.15, -0.1) is 0 Å². The topological polar surface area (TPSA) is 49.8 Å². The molecule has 1 aliphatic rings. The van der Waals surface area contributed by atoms with Gasteiger partial charge in [-0.2, -0.15) is 0 Å². The number of phenols is 1. The molecule has 0 bridgehead atoms. The van der Waals surface area contributed by atoms with Gasteiger partial charge in [-0.1, -0.05) is 42.2 Å². The largest absolute Gasteiger partial charge is 0.504 e. The van der Waals surface area contributed by atoms with E-state index >= 15 is 0 Å². The van der Waals surface area contributed by atoms with E-state index in [1.54, 1.807) is 18.2 Å². The van der Waals surface area contributed by atoms with E-state index in [0.717, 1.165) is 10.0 Å². The van der Waals surface area contributed by atoms with Gasteiger partial charge in [-0.25, -0.2) is 0 Å². The Kier molecular flexibility index (Phi) is 4.93. The van der Waals surface area contributed by atoms with Crippen molar-refractivity contribution in [1.29, 1.82) is 0 Å². The van der Waals surface area contributed by atoms with Crippen LogP contribution in [0.4, 0.5) is 5.69 Å². The molecular weight excluding hydrogens is 410 g/mol. The summed E-state index contributed by atoms with van der Waals surface area (Å²) in [4.78, 5) is 14.8. The molecule has 24 heavy (non-hydrogen) atoms. The summed E-state index contributed by atoms with van der Waals surface area (Å²) in [5.41, 5.74) is 1.46. The number of amides is 1. The summed E-state index contributed by atoms with van der Waals surface area (Å²) in [6.07, 6.45) is 1.73. The lowest BCUT2D eigenvalue weighted by Crippen LogP contribution is -2.27. The normalized spacial score (nSPS) is 16.1. The predicted octanol–water partition coefficient (Wildman–Crippen LogP) is 4.57. The highest BCUT2D eigenvalue weighted by Gasteiger charge is 2.34. The van der Waals surface area contributed by atoms with Crippen molar-refractivity contribution in [3.8, 4) is 11.5 Å². The predicted molar refractivity (Wildman–Crippen MR) is 104 cm³/mol. The van der Waals surface area contributed by atoms with E-state index in [1.165, 1.54) is 29.8 Å².